The summed E-state index contributed by atoms with van der Waals surface area (Å²) in [7, 11) is 4.16. The summed E-state index contributed by atoms with van der Waals surface area (Å²) in [5.74, 6) is 0.163. The third-order valence-corrected chi connectivity index (χ3v) is 9.62. The van der Waals surface area contributed by atoms with Crippen LogP contribution in [-0.2, 0) is 19.1 Å². The molecule has 5 heteroatoms. The van der Waals surface area contributed by atoms with Crippen molar-refractivity contribution in [2.45, 2.75) is 219 Å². The minimum absolute atomic E-state index is 0.00451. The van der Waals surface area contributed by atoms with Gasteiger partial charge in [-0.15, -0.1) is 0 Å². The van der Waals surface area contributed by atoms with Crippen molar-refractivity contribution >= 4 is 11.9 Å². The van der Waals surface area contributed by atoms with Crippen molar-refractivity contribution in [3.8, 4) is 0 Å². The first-order valence-electron chi connectivity index (χ1n) is 20.7. The van der Waals surface area contributed by atoms with Crippen LogP contribution in [0.15, 0.2) is 0 Å². The van der Waals surface area contributed by atoms with Gasteiger partial charge in [0.2, 0.25) is 0 Å². The number of nitrogens with zero attached hydrogens (tertiary/aromatic N) is 1. The van der Waals surface area contributed by atoms with Gasteiger partial charge in [-0.2, -0.15) is 0 Å². The second-order valence-electron chi connectivity index (χ2n) is 14.7. The van der Waals surface area contributed by atoms with Crippen molar-refractivity contribution in [1.82, 2.24) is 4.90 Å². The molecule has 0 amide bonds. The molecule has 0 heterocycles. The van der Waals surface area contributed by atoms with Crippen LogP contribution in [0.5, 0.6) is 0 Å². The Hall–Kier alpha value is -1.10. The molecule has 1 radical (unpaired) electrons. The lowest BCUT2D eigenvalue weighted by molar-refractivity contribution is -0.150. The van der Waals surface area contributed by atoms with E-state index in [1.807, 2.05) is 0 Å². The van der Waals surface area contributed by atoms with E-state index in [0.717, 1.165) is 90.0 Å². The van der Waals surface area contributed by atoms with Gasteiger partial charge < -0.3 is 14.4 Å². The van der Waals surface area contributed by atoms with Crippen LogP contribution in [-0.4, -0.2) is 50.2 Å². The highest BCUT2D eigenvalue weighted by molar-refractivity contribution is 5.72. The molecule has 0 aromatic heterocycles. The van der Waals surface area contributed by atoms with Gasteiger partial charge in [-0.1, -0.05) is 156 Å². The quantitative estimate of drug-likeness (QED) is 0.0488. The molecule has 5 nitrogen and oxygen atoms in total. The van der Waals surface area contributed by atoms with Gasteiger partial charge in [0.05, 0.1) is 12.5 Å². The van der Waals surface area contributed by atoms with E-state index in [-0.39, 0.29) is 24.0 Å². The third kappa shape index (κ3) is 33.2. The Morgan fingerprint density at radius 1 is 0.553 bits per heavy atom. The number of rotatable bonds is 37. The van der Waals surface area contributed by atoms with Crippen LogP contribution in [0.2, 0.25) is 0 Å². The van der Waals surface area contributed by atoms with Gasteiger partial charge in [0.15, 0.2) is 0 Å². The van der Waals surface area contributed by atoms with E-state index in [4.69, 9.17) is 9.47 Å². The zero-order valence-electron chi connectivity index (χ0n) is 32.3. The van der Waals surface area contributed by atoms with Crippen LogP contribution in [0, 0.1) is 12.8 Å². The fourth-order valence-electron chi connectivity index (χ4n) is 6.48. The molecule has 47 heavy (non-hydrogen) atoms. The van der Waals surface area contributed by atoms with Crippen molar-refractivity contribution in [2.75, 3.05) is 27.2 Å². The van der Waals surface area contributed by atoms with E-state index in [1.165, 1.54) is 109 Å². The number of ether oxygens (including phenoxy) is 2. The Kier molecular flexibility index (Phi) is 35.3. The van der Waals surface area contributed by atoms with Crippen LogP contribution in [0.1, 0.15) is 213 Å². The lowest BCUT2D eigenvalue weighted by atomic mass is 9.94. The average Bonchev–Trinajstić information content (AvgIpc) is 3.05. The Morgan fingerprint density at radius 2 is 1.00 bits per heavy atom. The molecule has 0 N–H and O–H groups in total. The van der Waals surface area contributed by atoms with Crippen molar-refractivity contribution < 1.29 is 19.1 Å². The normalized spacial score (nSPS) is 12.8. The second kappa shape index (κ2) is 36.2. The topological polar surface area (TPSA) is 55.8 Å². The summed E-state index contributed by atoms with van der Waals surface area (Å²) < 4.78 is 11.8. The lowest BCUT2D eigenvalue weighted by Gasteiger charge is -2.18. The molecule has 0 aliphatic heterocycles. The largest absolute Gasteiger partial charge is 0.465 e. The van der Waals surface area contributed by atoms with Crippen molar-refractivity contribution in [3.63, 3.8) is 0 Å². The Bertz CT molecular complexity index is 667. The van der Waals surface area contributed by atoms with Gasteiger partial charge >= 0.3 is 11.9 Å². The van der Waals surface area contributed by atoms with Crippen LogP contribution >= 0.6 is 0 Å². The zero-order chi connectivity index (χ0) is 34.6. The van der Waals surface area contributed by atoms with Gasteiger partial charge in [-0.3, -0.25) is 9.59 Å². The standard InChI is InChI=1S/C42H82NO4/c1-6-9-12-15-18-22-27-34-40(47-41(44)36-29-30-37-43(4)5)35-28-23-19-17-20-24-31-38-46-42(45)39(32-25-14-11-8-3)33-26-21-16-13-10-7-2/h39-40H,1,6-38H2,2-5H3. The number of hydrogen-bond donors (Lipinski definition) is 0. The minimum Gasteiger partial charge on any atom is -0.465 e. The van der Waals surface area contributed by atoms with Crippen LogP contribution in [0.25, 0.3) is 0 Å². The molecule has 0 aliphatic rings. The Labute approximate surface area is 294 Å². The highest BCUT2D eigenvalue weighted by atomic mass is 16.5. The zero-order valence-corrected chi connectivity index (χ0v) is 32.3. The van der Waals surface area contributed by atoms with Crippen LogP contribution in [0.4, 0.5) is 0 Å². The molecule has 0 aliphatic carbocycles. The van der Waals surface area contributed by atoms with Crippen molar-refractivity contribution in [3.05, 3.63) is 6.92 Å². The molecule has 0 saturated carbocycles. The maximum atomic E-state index is 12.9. The van der Waals surface area contributed by atoms with Gasteiger partial charge in [-0.05, 0) is 78.4 Å². The Balaban J connectivity index is 4.22. The lowest BCUT2D eigenvalue weighted by Crippen LogP contribution is -2.19. The molecule has 0 rings (SSSR count). The second-order valence-corrected chi connectivity index (χ2v) is 14.7. The summed E-state index contributed by atoms with van der Waals surface area (Å²) in [5.41, 5.74) is 0. The van der Waals surface area contributed by atoms with E-state index in [0.29, 0.717) is 13.0 Å². The fraction of sp³-hybridized carbons (Fsp3) is 0.929. The van der Waals surface area contributed by atoms with E-state index in [2.05, 4.69) is 39.8 Å². The highest BCUT2D eigenvalue weighted by Crippen LogP contribution is 2.21. The molecule has 2 unspecified atom stereocenters. The average molecular weight is 665 g/mol. The van der Waals surface area contributed by atoms with Crippen molar-refractivity contribution in [1.29, 1.82) is 0 Å². The molecule has 0 aromatic carbocycles. The summed E-state index contributed by atoms with van der Waals surface area (Å²) in [5, 5.41) is 0. The number of carbonyl (C=O) groups is 2. The first-order chi connectivity index (χ1) is 22.9. The maximum Gasteiger partial charge on any atom is 0.308 e. The van der Waals surface area contributed by atoms with E-state index >= 15 is 0 Å². The van der Waals surface area contributed by atoms with E-state index < -0.39 is 0 Å². The summed E-state index contributed by atoms with van der Waals surface area (Å²) in [6.45, 7) is 10.0. The number of unbranched alkanes of at least 4 members (excludes halogenated alkanes) is 21. The van der Waals surface area contributed by atoms with E-state index in [9.17, 15) is 9.59 Å². The van der Waals surface area contributed by atoms with Crippen LogP contribution in [0.3, 0.4) is 0 Å². The molecule has 279 valence electrons. The molecular formula is C42H82NO4. The fourth-order valence-corrected chi connectivity index (χ4v) is 6.48. The predicted octanol–water partition coefficient (Wildman–Crippen LogP) is 12.6. The maximum absolute atomic E-state index is 12.9. The first kappa shape index (κ1) is 45.9. The van der Waals surface area contributed by atoms with E-state index in [1.54, 1.807) is 0 Å². The smallest absolute Gasteiger partial charge is 0.308 e. The summed E-state index contributed by atoms with van der Waals surface area (Å²) in [6, 6.07) is 0. The van der Waals surface area contributed by atoms with Gasteiger partial charge in [-0.25, -0.2) is 0 Å². The van der Waals surface area contributed by atoms with Gasteiger partial charge in [0.25, 0.3) is 0 Å². The predicted molar refractivity (Wildman–Crippen MR) is 203 cm³/mol. The SMILES string of the molecule is [CH2]CCCCCCCCC(CCCCCCCCCOC(=O)C(CCCCCC)CCCCCCCC)OC(=O)CCCCN(C)C. The van der Waals surface area contributed by atoms with Gasteiger partial charge in [0, 0.05) is 6.42 Å². The number of hydrogen-bond acceptors (Lipinski definition) is 5. The summed E-state index contributed by atoms with van der Waals surface area (Å²) in [4.78, 5) is 27.6. The highest BCUT2D eigenvalue weighted by Gasteiger charge is 2.19. The molecule has 0 saturated heterocycles. The number of esters is 2. The monoisotopic (exact) mass is 665 g/mol. The van der Waals surface area contributed by atoms with Crippen molar-refractivity contribution in [2.24, 2.45) is 5.92 Å². The molecule has 2 atom stereocenters. The molecular weight excluding hydrogens is 582 g/mol. The molecule has 0 aromatic rings. The minimum atomic E-state index is -0.00451. The van der Waals surface area contributed by atoms with Gasteiger partial charge in [0.1, 0.15) is 6.10 Å². The molecule has 0 spiro atoms. The first-order valence-corrected chi connectivity index (χ1v) is 20.7. The number of carbonyl (C=O) groups excluding carboxylic acids is 2. The summed E-state index contributed by atoms with van der Waals surface area (Å²) in [6.07, 6.45) is 35.8. The van der Waals surface area contributed by atoms with Crippen LogP contribution < -0.4 is 0 Å². The third-order valence-electron chi connectivity index (χ3n) is 9.62. The summed E-state index contributed by atoms with van der Waals surface area (Å²) >= 11 is 0. The Morgan fingerprint density at radius 3 is 1.51 bits per heavy atom. The molecule has 0 fully saturated rings. The molecule has 0 bridgehead atoms.